The molecule has 5 rings (SSSR count). The van der Waals surface area contributed by atoms with Gasteiger partial charge in [0.05, 0.1) is 28.3 Å². The largest absolute Gasteiger partial charge is 0.369 e. The number of para-hydroxylation sites is 1. The Morgan fingerprint density at radius 2 is 1.97 bits per heavy atom. The van der Waals surface area contributed by atoms with Gasteiger partial charge < -0.3 is 15.5 Å². The van der Waals surface area contributed by atoms with E-state index in [-0.39, 0.29) is 29.4 Å². The molecule has 0 radical (unpaired) electrons. The van der Waals surface area contributed by atoms with Crippen molar-refractivity contribution in [1.29, 1.82) is 0 Å². The smallest absolute Gasteiger partial charge is 0.251 e. The summed E-state index contributed by atoms with van der Waals surface area (Å²) in [5, 5.41) is 6.91. The second-order valence-corrected chi connectivity index (χ2v) is 12.1. The molecule has 4 aromatic rings. The molecule has 1 aliphatic rings. The number of carbonyl (C=O) groups is 1. The van der Waals surface area contributed by atoms with Gasteiger partial charge in [-0.3, -0.25) is 9.78 Å². The number of hydrogen-bond donors (Lipinski definition) is 2. The lowest BCUT2D eigenvalue weighted by atomic mass is 9.96. The third-order valence-corrected chi connectivity index (χ3v) is 8.97. The molecule has 1 saturated heterocycles. The molecule has 202 valence electrons. The second-order valence-electron chi connectivity index (χ2n) is 9.82. The molecule has 0 spiro atoms. The maximum absolute atomic E-state index is 12.3. The molecular weight excluding hydrogens is 514 g/mol. The molecule has 4 heterocycles. The van der Waals surface area contributed by atoms with Gasteiger partial charge in [-0.25, -0.2) is 23.4 Å². The molecule has 39 heavy (non-hydrogen) atoms. The molecule has 1 fully saturated rings. The van der Waals surface area contributed by atoms with Crippen LogP contribution in [0.15, 0.2) is 61.2 Å². The van der Waals surface area contributed by atoms with Crippen LogP contribution in [-0.4, -0.2) is 72.4 Å². The highest BCUT2D eigenvalue weighted by atomic mass is 32.2. The average molecular weight is 546 g/mol. The monoisotopic (exact) mass is 545 g/mol. The van der Waals surface area contributed by atoms with Gasteiger partial charge in [-0.05, 0) is 30.2 Å². The van der Waals surface area contributed by atoms with Gasteiger partial charge in [0, 0.05) is 62.0 Å². The minimum Gasteiger partial charge on any atom is -0.369 e. The van der Waals surface area contributed by atoms with Gasteiger partial charge in [0.15, 0.2) is 9.84 Å². The van der Waals surface area contributed by atoms with Crippen molar-refractivity contribution in [2.45, 2.75) is 25.3 Å². The summed E-state index contributed by atoms with van der Waals surface area (Å²) in [6.07, 6.45) is 5.54. The van der Waals surface area contributed by atoms with Gasteiger partial charge in [-0.2, -0.15) is 0 Å². The molecule has 2 atom stereocenters. The number of nitrogens with one attached hydrogen (secondary N) is 2. The Labute approximate surface area is 227 Å². The number of hydrogen-bond acceptors (Lipinski definition) is 9. The molecule has 1 aliphatic heterocycles. The van der Waals surface area contributed by atoms with Crippen LogP contribution in [0.4, 0.5) is 11.6 Å². The Kier molecular flexibility index (Phi) is 7.42. The topological polar surface area (TPSA) is 130 Å². The van der Waals surface area contributed by atoms with Crippen LogP contribution >= 0.6 is 0 Å². The lowest BCUT2D eigenvalue weighted by molar-refractivity contribution is 0.0964. The van der Waals surface area contributed by atoms with Crippen LogP contribution in [0.1, 0.15) is 35.2 Å². The summed E-state index contributed by atoms with van der Waals surface area (Å²) in [6, 6.07) is 13.3. The van der Waals surface area contributed by atoms with Crippen LogP contribution in [0.2, 0.25) is 0 Å². The normalized spacial score (nSPS) is 17.1. The fourth-order valence-corrected chi connectivity index (χ4v) is 6.70. The predicted molar refractivity (Wildman–Crippen MR) is 153 cm³/mol. The van der Waals surface area contributed by atoms with Gasteiger partial charge in [0.1, 0.15) is 18.0 Å². The Bertz CT molecular complexity index is 1610. The van der Waals surface area contributed by atoms with Gasteiger partial charge >= 0.3 is 0 Å². The molecule has 0 aliphatic carbocycles. The first-order chi connectivity index (χ1) is 18.8. The summed E-state index contributed by atoms with van der Waals surface area (Å²) >= 11 is 0. The summed E-state index contributed by atoms with van der Waals surface area (Å²) < 4.78 is 23.7. The Balaban J connectivity index is 1.28. The quantitative estimate of drug-likeness (QED) is 0.342. The zero-order valence-electron chi connectivity index (χ0n) is 22.1. The van der Waals surface area contributed by atoms with E-state index in [1.165, 1.54) is 6.33 Å². The zero-order valence-corrected chi connectivity index (χ0v) is 22.9. The molecule has 0 saturated carbocycles. The molecule has 1 unspecified atom stereocenters. The summed E-state index contributed by atoms with van der Waals surface area (Å²) in [6.45, 7) is 2.71. The predicted octanol–water partition coefficient (Wildman–Crippen LogP) is 3.29. The van der Waals surface area contributed by atoms with Crippen molar-refractivity contribution in [3.63, 3.8) is 0 Å². The van der Waals surface area contributed by atoms with Crippen molar-refractivity contribution < 1.29 is 13.2 Å². The average Bonchev–Trinajstić information content (AvgIpc) is 3.34. The zero-order chi connectivity index (χ0) is 27.6. The van der Waals surface area contributed by atoms with E-state index in [2.05, 4.69) is 37.5 Å². The Morgan fingerprint density at radius 3 is 2.69 bits per heavy atom. The number of sulfone groups is 1. The molecule has 3 aromatic heterocycles. The highest BCUT2D eigenvalue weighted by molar-refractivity contribution is 7.91. The number of nitrogens with zero attached hydrogens (tertiary/aromatic N) is 5. The Morgan fingerprint density at radius 1 is 1.13 bits per heavy atom. The van der Waals surface area contributed by atoms with Crippen LogP contribution < -0.4 is 15.5 Å². The van der Waals surface area contributed by atoms with E-state index in [4.69, 9.17) is 0 Å². The summed E-state index contributed by atoms with van der Waals surface area (Å²) in [5.74, 6) is 1.75. The number of pyridine rings is 2. The molecule has 1 aromatic carbocycles. The molecule has 10 nitrogen and oxygen atoms in total. The van der Waals surface area contributed by atoms with Gasteiger partial charge in [0.25, 0.3) is 5.91 Å². The first kappa shape index (κ1) is 26.5. The maximum Gasteiger partial charge on any atom is 0.251 e. The molecule has 11 heteroatoms. The minimum absolute atomic E-state index is 0.0579. The Hall–Kier alpha value is -4.12. The highest BCUT2D eigenvalue weighted by Crippen LogP contribution is 2.28. The van der Waals surface area contributed by atoms with Gasteiger partial charge in [-0.1, -0.05) is 25.1 Å². The van der Waals surface area contributed by atoms with Crippen molar-refractivity contribution in [2.75, 3.05) is 42.4 Å². The van der Waals surface area contributed by atoms with Crippen LogP contribution in [-0.2, 0) is 9.84 Å². The van der Waals surface area contributed by atoms with Crippen molar-refractivity contribution in [3.05, 3.63) is 72.3 Å². The fraction of sp³-hybridized carbons (Fsp3) is 0.321. The standard InChI is InChI=1S/C28H31N7O3S/c1-18(21-5-4-6-22-23(28(36)29-2)9-11-30-27(21)22)14-31-25-13-24(33-17-34-25)19-7-8-26(32-15-19)35(3)20-10-12-39(37,38)16-20/h4-9,11,13,15,17-18,20H,10,12,14,16H2,1-3H3,(H,29,36)(H,31,33,34)/t18-,20?/m1/s1. The van der Waals surface area contributed by atoms with Gasteiger partial charge in [0.2, 0.25) is 0 Å². The molecule has 1 amide bonds. The van der Waals surface area contributed by atoms with E-state index in [9.17, 15) is 13.2 Å². The van der Waals surface area contributed by atoms with E-state index in [0.717, 1.165) is 33.5 Å². The number of rotatable bonds is 8. The fourth-order valence-electron chi connectivity index (χ4n) is 4.92. The highest BCUT2D eigenvalue weighted by Gasteiger charge is 2.31. The first-order valence-electron chi connectivity index (χ1n) is 12.8. The summed E-state index contributed by atoms with van der Waals surface area (Å²) in [4.78, 5) is 32.2. The number of carbonyl (C=O) groups excluding carboxylic acids is 1. The summed E-state index contributed by atoms with van der Waals surface area (Å²) in [7, 11) is 0.537. The van der Waals surface area contributed by atoms with Crippen molar-refractivity contribution in [3.8, 4) is 11.3 Å². The van der Waals surface area contributed by atoms with E-state index in [1.807, 2.05) is 48.3 Å². The number of benzene rings is 1. The van der Waals surface area contributed by atoms with E-state index < -0.39 is 9.84 Å². The molecular formula is C28H31N7O3S. The van der Waals surface area contributed by atoms with E-state index >= 15 is 0 Å². The third kappa shape index (κ3) is 5.68. The van der Waals surface area contributed by atoms with Crippen LogP contribution in [0.5, 0.6) is 0 Å². The van der Waals surface area contributed by atoms with Crippen LogP contribution in [0.25, 0.3) is 22.2 Å². The van der Waals surface area contributed by atoms with Gasteiger partial charge in [-0.15, -0.1) is 0 Å². The number of fused-ring (bicyclic) bond motifs is 1. The summed E-state index contributed by atoms with van der Waals surface area (Å²) in [5.41, 5.74) is 4.02. The van der Waals surface area contributed by atoms with E-state index in [1.54, 1.807) is 25.5 Å². The van der Waals surface area contributed by atoms with Crippen LogP contribution in [0, 0.1) is 0 Å². The second kappa shape index (κ2) is 10.9. The van der Waals surface area contributed by atoms with E-state index in [0.29, 0.717) is 24.3 Å². The SMILES string of the molecule is CNC(=O)c1ccnc2c([C@H](C)CNc3cc(-c4ccc(N(C)C5CCS(=O)(=O)C5)nc4)ncn3)cccc12. The van der Waals surface area contributed by atoms with Crippen LogP contribution in [0.3, 0.4) is 0 Å². The lowest BCUT2D eigenvalue weighted by Gasteiger charge is -2.24. The van der Waals surface area contributed by atoms with Crippen molar-refractivity contribution in [1.82, 2.24) is 25.3 Å². The van der Waals surface area contributed by atoms with Crippen molar-refractivity contribution in [2.24, 2.45) is 0 Å². The third-order valence-electron chi connectivity index (χ3n) is 7.22. The minimum atomic E-state index is -2.96. The van der Waals surface area contributed by atoms with Crippen molar-refractivity contribution >= 4 is 38.3 Å². The first-order valence-corrected chi connectivity index (χ1v) is 14.6. The lowest BCUT2D eigenvalue weighted by Crippen LogP contribution is -2.33. The molecule has 0 bridgehead atoms. The maximum atomic E-state index is 12.3. The molecule has 2 N–H and O–H groups in total. The number of aromatic nitrogens is 4. The number of anilines is 2. The number of amides is 1.